The Morgan fingerprint density at radius 1 is 1.17 bits per heavy atom. The van der Waals surface area contributed by atoms with Crippen LogP contribution in [0.1, 0.15) is 32.8 Å². The summed E-state index contributed by atoms with van der Waals surface area (Å²) in [6.07, 6.45) is 1.46. The van der Waals surface area contributed by atoms with Crippen molar-refractivity contribution in [3.8, 4) is 6.07 Å². The molecular weight excluding hydrogens is 392 g/mol. The Kier molecular flexibility index (Phi) is 6.12. The Morgan fingerprint density at radius 3 is 2.59 bits per heavy atom. The molecule has 0 aliphatic heterocycles. The lowest BCUT2D eigenvalue weighted by atomic mass is 10.1. The van der Waals surface area contributed by atoms with Gasteiger partial charge in [0.15, 0.2) is 0 Å². The van der Waals surface area contributed by atoms with E-state index < -0.39 is 16.0 Å². The lowest BCUT2D eigenvalue weighted by Gasteiger charge is -2.10. The fourth-order valence-electron chi connectivity index (χ4n) is 2.55. The van der Waals surface area contributed by atoms with Crippen LogP contribution >= 0.6 is 0 Å². The van der Waals surface area contributed by atoms with E-state index in [1.165, 1.54) is 18.4 Å². The predicted octanol–water partition coefficient (Wildman–Crippen LogP) is 3.30. The number of nitriles is 1. The third-order valence-corrected chi connectivity index (χ3v) is 5.61. The van der Waals surface area contributed by atoms with E-state index in [9.17, 15) is 13.2 Å². The lowest BCUT2D eigenvalue weighted by Crippen LogP contribution is -2.23. The molecule has 8 heteroatoms. The van der Waals surface area contributed by atoms with Crippen LogP contribution in [0.5, 0.6) is 0 Å². The molecule has 0 unspecified atom stereocenters. The lowest BCUT2D eigenvalue weighted by molar-refractivity contribution is 0.0471. The molecule has 29 heavy (non-hydrogen) atoms. The number of sulfonamides is 1. The molecule has 0 aliphatic carbocycles. The molecule has 2 aromatic carbocycles. The third kappa shape index (κ3) is 5.10. The van der Waals surface area contributed by atoms with Gasteiger partial charge in [-0.3, -0.25) is 0 Å². The number of hydrogen-bond acceptors (Lipinski definition) is 6. The van der Waals surface area contributed by atoms with Crippen LogP contribution in [0, 0.1) is 18.3 Å². The topological polar surface area (TPSA) is 109 Å². The molecule has 0 aliphatic rings. The van der Waals surface area contributed by atoms with Crippen molar-refractivity contribution >= 4 is 16.0 Å². The minimum atomic E-state index is -3.83. The molecule has 0 radical (unpaired) electrons. The highest BCUT2D eigenvalue weighted by Gasteiger charge is 2.19. The average molecular weight is 410 g/mol. The summed E-state index contributed by atoms with van der Waals surface area (Å²) in [4.78, 5) is 12.4. The van der Waals surface area contributed by atoms with Crippen LogP contribution in [0.3, 0.4) is 0 Å². The van der Waals surface area contributed by atoms with E-state index in [0.717, 1.165) is 5.56 Å². The van der Waals surface area contributed by atoms with Gasteiger partial charge in [0.2, 0.25) is 10.0 Å². The first kappa shape index (κ1) is 20.3. The van der Waals surface area contributed by atoms with Crippen molar-refractivity contribution in [1.29, 1.82) is 5.26 Å². The van der Waals surface area contributed by atoms with Gasteiger partial charge in [-0.15, -0.1) is 0 Å². The van der Waals surface area contributed by atoms with Crippen LogP contribution in [0.4, 0.5) is 0 Å². The van der Waals surface area contributed by atoms with Crippen LogP contribution < -0.4 is 4.72 Å². The number of rotatable bonds is 7. The highest BCUT2D eigenvalue weighted by Crippen LogP contribution is 2.18. The Morgan fingerprint density at radius 2 is 1.93 bits per heavy atom. The molecule has 7 nitrogen and oxygen atoms in total. The fourth-order valence-corrected chi connectivity index (χ4v) is 3.57. The molecule has 3 aromatic rings. The number of nitrogens with one attached hydrogen (secondary N) is 1. The Balaban J connectivity index is 1.71. The van der Waals surface area contributed by atoms with E-state index in [4.69, 9.17) is 14.4 Å². The molecule has 0 saturated heterocycles. The van der Waals surface area contributed by atoms with Crippen molar-refractivity contribution < 1.29 is 22.4 Å². The van der Waals surface area contributed by atoms with Gasteiger partial charge in [0.1, 0.15) is 12.4 Å². The number of carbonyl (C=O) groups excluding carboxylic acids is 1. The summed E-state index contributed by atoms with van der Waals surface area (Å²) in [5, 5.41) is 8.81. The van der Waals surface area contributed by atoms with E-state index in [-0.39, 0.29) is 23.6 Å². The fraction of sp³-hybridized carbons (Fsp3) is 0.143. The van der Waals surface area contributed by atoms with Crippen molar-refractivity contribution in [3.63, 3.8) is 0 Å². The standard InChI is InChI=1S/C21H18N2O5S/c1-15-4-9-19(29(25,26)23-13-18-3-2-10-27-18)11-20(15)21(24)28-14-17-7-5-16(12-22)6-8-17/h2-11,23H,13-14H2,1H3. The number of benzene rings is 2. The molecule has 1 heterocycles. The zero-order valence-corrected chi connectivity index (χ0v) is 16.4. The van der Waals surface area contributed by atoms with Crippen molar-refractivity contribution in [1.82, 2.24) is 4.72 Å². The van der Waals surface area contributed by atoms with Gasteiger partial charge in [-0.05, 0) is 54.4 Å². The Labute approximate surface area is 168 Å². The molecule has 3 rings (SSSR count). The maximum Gasteiger partial charge on any atom is 0.338 e. The quantitative estimate of drug-likeness (QED) is 0.599. The first-order valence-corrected chi connectivity index (χ1v) is 10.2. The van der Waals surface area contributed by atoms with E-state index >= 15 is 0 Å². The monoisotopic (exact) mass is 410 g/mol. The molecule has 0 atom stereocenters. The largest absolute Gasteiger partial charge is 0.468 e. The molecule has 0 saturated carbocycles. The van der Waals surface area contributed by atoms with Crippen LogP contribution in [-0.4, -0.2) is 14.4 Å². The van der Waals surface area contributed by atoms with E-state index in [1.54, 1.807) is 49.4 Å². The third-order valence-electron chi connectivity index (χ3n) is 4.21. The minimum Gasteiger partial charge on any atom is -0.468 e. The second kappa shape index (κ2) is 8.73. The summed E-state index contributed by atoms with van der Waals surface area (Å²) in [6.45, 7) is 1.71. The van der Waals surface area contributed by atoms with Gasteiger partial charge in [-0.25, -0.2) is 17.9 Å². The van der Waals surface area contributed by atoms with Crippen molar-refractivity contribution in [2.45, 2.75) is 25.0 Å². The number of nitrogens with zero attached hydrogens (tertiary/aromatic N) is 1. The summed E-state index contributed by atoms with van der Waals surface area (Å²) < 4.78 is 37.9. The SMILES string of the molecule is Cc1ccc(S(=O)(=O)NCc2ccco2)cc1C(=O)OCc1ccc(C#N)cc1. The van der Waals surface area contributed by atoms with Crippen molar-refractivity contribution in [3.05, 3.63) is 88.9 Å². The first-order chi connectivity index (χ1) is 13.9. The maximum absolute atomic E-state index is 12.5. The zero-order valence-electron chi connectivity index (χ0n) is 15.6. The van der Waals surface area contributed by atoms with Gasteiger partial charge in [0, 0.05) is 0 Å². The number of esters is 1. The molecule has 0 fully saturated rings. The average Bonchev–Trinajstić information content (AvgIpc) is 3.25. The summed E-state index contributed by atoms with van der Waals surface area (Å²) >= 11 is 0. The van der Waals surface area contributed by atoms with Crippen molar-refractivity contribution in [2.75, 3.05) is 0 Å². The molecular formula is C21H18N2O5S. The number of carbonyl (C=O) groups is 1. The van der Waals surface area contributed by atoms with E-state index in [1.807, 2.05) is 6.07 Å². The zero-order chi connectivity index (χ0) is 20.9. The van der Waals surface area contributed by atoms with Gasteiger partial charge in [-0.1, -0.05) is 18.2 Å². The number of aryl methyl sites for hydroxylation is 1. The molecule has 1 aromatic heterocycles. The minimum absolute atomic E-state index is 0.00167. The predicted molar refractivity (Wildman–Crippen MR) is 104 cm³/mol. The normalized spacial score (nSPS) is 11.0. The van der Waals surface area contributed by atoms with Gasteiger partial charge in [-0.2, -0.15) is 5.26 Å². The number of furan rings is 1. The van der Waals surface area contributed by atoms with Gasteiger partial charge >= 0.3 is 5.97 Å². The highest BCUT2D eigenvalue weighted by atomic mass is 32.2. The smallest absolute Gasteiger partial charge is 0.338 e. The summed E-state index contributed by atoms with van der Waals surface area (Å²) in [5.74, 6) is -0.155. The molecule has 0 bridgehead atoms. The van der Waals surface area contributed by atoms with Gasteiger partial charge < -0.3 is 9.15 Å². The first-order valence-electron chi connectivity index (χ1n) is 8.68. The Bertz CT molecular complexity index is 1140. The van der Waals surface area contributed by atoms with Gasteiger partial charge in [0.05, 0.1) is 34.9 Å². The second-order valence-electron chi connectivity index (χ2n) is 6.27. The molecule has 148 valence electrons. The number of hydrogen-bond donors (Lipinski definition) is 1. The van der Waals surface area contributed by atoms with Crippen LogP contribution in [-0.2, 0) is 27.9 Å². The van der Waals surface area contributed by atoms with Gasteiger partial charge in [0.25, 0.3) is 0 Å². The second-order valence-corrected chi connectivity index (χ2v) is 8.03. The summed E-state index contributed by atoms with van der Waals surface area (Å²) in [6, 6.07) is 16.3. The van der Waals surface area contributed by atoms with Crippen LogP contribution in [0.2, 0.25) is 0 Å². The van der Waals surface area contributed by atoms with Crippen LogP contribution in [0.15, 0.2) is 70.2 Å². The van der Waals surface area contributed by atoms with Crippen molar-refractivity contribution in [2.24, 2.45) is 0 Å². The number of ether oxygens (including phenoxy) is 1. The van der Waals surface area contributed by atoms with E-state index in [0.29, 0.717) is 16.9 Å². The molecule has 1 N–H and O–H groups in total. The van der Waals surface area contributed by atoms with Crippen LogP contribution in [0.25, 0.3) is 0 Å². The molecule has 0 spiro atoms. The summed E-state index contributed by atoms with van der Waals surface area (Å²) in [7, 11) is -3.83. The molecule has 0 amide bonds. The van der Waals surface area contributed by atoms with E-state index in [2.05, 4.69) is 4.72 Å². The Hall–Kier alpha value is -3.41. The summed E-state index contributed by atoms with van der Waals surface area (Å²) in [5.41, 5.74) is 1.99. The highest BCUT2D eigenvalue weighted by molar-refractivity contribution is 7.89. The maximum atomic E-state index is 12.5.